The lowest BCUT2D eigenvalue weighted by atomic mass is 9.86. The second kappa shape index (κ2) is 6.24. The normalized spacial score (nSPS) is 18.3. The van der Waals surface area contributed by atoms with Crippen LogP contribution in [0.2, 0.25) is 0 Å². The minimum Gasteiger partial charge on any atom is -0.354 e. The Labute approximate surface area is 143 Å². The van der Waals surface area contributed by atoms with Gasteiger partial charge in [0.1, 0.15) is 0 Å². The topological polar surface area (TPSA) is 49.4 Å². The van der Waals surface area contributed by atoms with Crippen molar-refractivity contribution >= 4 is 39.5 Å². The van der Waals surface area contributed by atoms with Gasteiger partial charge in [0, 0.05) is 34.3 Å². The molecule has 0 aromatic heterocycles. The van der Waals surface area contributed by atoms with Crippen LogP contribution >= 0.6 is 27.7 Å². The maximum absolute atomic E-state index is 12.6. The minimum atomic E-state index is -0.0706. The Balaban J connectivity index is 1.74. The van der Waals surface area contributed by atoms with Crippen LogP contribution in [0.5, 0.6) is 0 Å². The van der Waals surface area contributed by atoms with E-state index in [0.717, 1.165) is 34.2 Å². The molecule has 0 atom stereocenters. The fourth-order valence-electron chi connectivity index (χ4n) is 3.06. The average molecular weight is 383 g/mol. The summed E-state index contributed by atoms with van der Waals surface area (Å²) in [4.78, 5) is 26.3. The largest absolute Gasteiger partial charge is 0.354 e. The van der Waals surface area contributed by atoms with E-state index in [-0.39, 0.29) is 23.8 Å². The predicted molar refractivity (Wildman–Crippen MR) is 92.3 cm³/mol. The number of hydrogen-bond donors (Lipinski definition) is 1. The molecular formula is C16H19BrN2O2S. The van der Waals surface area contributed by atoms with Crippen molar-refractivity contribution < 1.29 is 9.59 Å². The number of amides is 2. The number of halogens is 1. The maximum atomic E-state index is 12.6. The molecule has 1 aromatic carbocycles. The molecule has 1 fully saturated rings. The first-order valence-corrected chi connectivity index (χ1v) is 9.59. The average Bonchev–Trinajstić information content (AvgIpc) is 3.25. The number of hydrogen-bond acceptors (Lipinski definition) is 3. The van der Waals surface area contributed by atoms with E-state index in [1.54, 1.807) is 16.7 Å². The van der Waals surface area contributed by atoms with Crippen LogP contribution in [-0.2, 0) is 10.2 Å². The molecule has 0 unspecified atom stereocenters. The summed E-state index contributed by atoms with van der Waals surface area (Å²) < 4.78 is 1.01. The first-order valence-electron chi connectivity index (χ1n) is 7.41. The molecule has 2 amide bonds. The number of nitrogens with zero attached hydrogens (tertiary/aromatic N) is 1. The summed E-state index contributed by atoms with van der Waals surface area (Å²) in [7, 11) is 0. The molecule has 1 heterocycles. The van der Waals surface area contributed by atoms with Crippen LogP contribution in [-0.4, -0.2) is 48.4 Å². The van der Waals surface area contributed by atoms with Gasteiger partial charge in [0.05, 0.1) is 6.54 Å². The molecule has 0 bridgehead atoms. The van der Waals surface area contributed by atoms with Crippen molar-refractivity contribution in [2.75, 3.05) is 31.6 Å². The minimum absolute atomic E-state index is 0.0277. The zero-order chi connectivity index (χ0) is 15.7. The molecule has 1 aliphatic heterocycles. The standard InChI is InChI=1S/C16H19BrN2O2S/c1-22-7-6-18-14(20)9-19-10-16(4-5-16)13-8-11(17)2-3-12(13)15(19)21/h2-3,8H,4-7,9-10H2,1H3,(H,18,20). The van der Waals surface area contributed by atoms with Gasteiger partial charge >= 0.3 is 0 Å². The maximum Gasteiger partial charge on any atom is 0.254 e. The summed E-state index contributed by atoms with van der Waals surface area (Å²) in [5, 5.41) is 2.87. The van der Waals surface area contributed by atoms with Crippen LogP contribution in [0.25, 0.3) is 0 Å². The second-order valence-electron chi connectivity index (χ2n) is 5.97. The van der Waals surface area contributed by atoms with Gasteiger partial charge in [0.2, 0.25) is 5.91 Å². The molecule has 22 heavy (non-hydrogen) atoms. The number of nitrogens with one attached hydrogen (secondary N) is 1. The van der Waals surface area contributed by atoms with Crippen molar-refractivity contribution in [3.05, 3.63) is 33.8 Å². The third kappa shape index (κ3) is 3.04. The van der Waals surface area contributed by atoms with Crippen molar-refractivity contribution in [3.8, 4) is 0 Å². The summed E-state index contributed by atoms with van der Waals surface area (Å²) >= 11 is 5.18. The van der Waals surface area contributed by atoms with Crippen LogP contribution in [0.4, 0.5) is 0 Å². The lowest BCUT2D eigenvalue weighted by molar-refractivity contribution is -0.121. The first-order chi connectivity index (χ1) is 10.6. The van der Waals surface area contributed by atoms with Crippen molar-refractivity contribution in [3.63, 3.8) is 0 Å². The van der Waals surface area contributed by atoms with Gasteiger partial charge in [-0.05, 0) is 42.9 Å². The van der Waals surface area contributed by atoms with Gasteiger partial charge in [-0.2, -0.15) is 11.8 Å². The molecule has 1 saturated carbocycles. The molecule has 0 radical (unpaired) electrons. The molecule has 2 aliphatic rings. The van der Waals surface area contributed by atoms with Gasteiger partial charge in [-0.3, -0.25) is 9.59 Å². The molecule has 3 rings (SSSR count). The Hall–Kier alpha value is -1.01. The fraction of sp³-hybridized carbons (Fsp3) is 0.500. The molecule has 0 saturated heterocycles. The molecule has 1 N–H and O–H groups in total. The fourth-order valence-corrected chi connectivity index (χ4v) is 3.73. The third-order valence-corrected chi connectivity index (χ3v) is 5.49. The highest BCUT2D eigenvalue weighted by Gasteiger charge is 2.51. The van der Waals surface area contributed by atoms with Crippen LogP contribution in [0.1, 0.15) is 28.8 Å². The van der Waals surface area contributed by atoms with Gasteiger partial charge in [-0.1, -0.05) is 15.9 Å². The number of carbonyl (C=O) groups excluding carboxylic acids is 2. The zero-order valence-electron chi connectivity index (χ0n) is 12.5. The van der Waals surface area contributed by atoms with Gasteiger partial charge in [0.25, 0.3) is 5.91 Å². The van der Waals surface area contributed by atoms with E-state index in [1.165, 1.54) is 0 Å². The van der Waals surface area contributed by atoms with E-state index in [2.05, 4.69) is 27.3 Å². The lowest BCUT2D eigenvalue weighted by Crippen LogP contribution is -2.48. The van der Waals surface area contributed by atoms with E-state index in [4.69, 9.17) is 0 Å². The van der Waals surface area contributed by atoms with E-state index >= 15 is 0 Å². The Bertz CT molecular complexity index is 616. The Morgan fingerprint density at radius 3 is 2.91 bits per heavy atom. The summed E-state index contributed by atoms with van der Waals surface area (Å²) in [5.41, 5.74) is 1.97. The van der Waals surface area contributed by atoms with Gasteiger partial charge < -0.3 is 10.2 Å². The smallest absolute Gasteiger partial charge is 0.254 e. The lowest BCUT2D eigenvalue weighted by Gasteiger charge is -2.34. The molecule has 6 heteroatoms. The van der Waals surface area contributed by atoms with Crippen LogP contribution in [0.15, 0.2) is 22.7 Å². The second-order valence-corrected chi connectivity index (χ2v) is 7.88. The first kappa shape index (κ1) is 15.9. The summed E-state index contributed by atoms with van der Waals surface area (Å²) in [6, 6.07) is 5.84. The van der Waals surface area contributed by atoms with Crippen LogP contribution in [0, 0.1) is 0 Å². The SMILES string of the molecule is CSCCNC(=O)CN1CC2(CC2)c2cc(Br)ccc2C1=O. The highest BCUT2D eigenvalue weighted by Crippen LogP contribution is 2.52. The van der Waals surface area contributed by atoms with E-state index in [1.807, 2.05) is 18.4 Å². The van der Waals surface area contributed by atoms with E-state index < -0.39 is 0 Å². The molecule has 1 aromatic rings. The Kier molecular flexibility index (Phi) is 4.50. The van der Waals surface area contributed by atoms with Crippen molar-refractivity contribution in [2.45, 2.75) is 18.3 Å². The van der Waals surface area contributed by atoms with Crippen molar-refractivity contribution in [1.29, 1.82) is 0 Å². The van der Waals surface area contributed by atoms with Gasteiger partial charge in [-0.25, -0.2) is 0 Å². The van der Waals surface area contributed by atoms with Crippen LogP contribution < -0.4 is 5.32 Å². The molecule has 4 nitrogen and oxygen atoms in total. The highest BCUT2D eigenvalue weighted by molar-refractivity contribution is 9.10. The number of benzene rings is 1. The molecular weight excluding hydrogens is 364 g/mol. The van der Waals surface area contributed by atoms with Crippen molar-refractivity contribution in [1.82, 2.24) is 10.2 Å². The van der Waals surface area contributed by atoms with Gasteiger partial charge in [0.15, 0.2) is 0 Å². The Morgan fingerprint density at radius 2 is 2.23 bits per heavy atom. The summed E-state index contributed by atoms with van der Waals surface area (Å²) in [5.74, 6) is 0.791. The Morgan fingerprint density at radius 1 is 1.45 bits per heavy atom. The van der Waals surface area contributed by atoms with Gasteiger partial charge in [-0.15, -0.1) is 0 Å². The number of thioether (sulfide) groups is 1. The highest BCUT2D eigenvalue weighted by atomic mass is 79.9. The quantitative estimate of drug-likeness (QED) is 0.795. The third-order valence-electron chi connectivity index (χ3n) is 4.38. The zero-order valence-corrected chi connectivity index (χ0v) is 14.9. The van der Waals surface area contributed by atoms with E-state index in [0.29, 0.717) is 13.1 Å². The predicted octanol–water partition coefficient (Wildman–Crippen LogP) is 2.42. The summed E-state index contributed by atoms with van der Waals surface area (Å²) in [6.07, 6.45) is 4.19. The van der Waals surface area contributed by atoms with E-state index in [9.17, 15) is 9.59 Å². The number of carbonyl (C=O) groups is 2. The summed E-state index contributed by atoms with van der Waals surface area (Å²) in [6.45, 7) is 1.46. The number of rotatable bonds is 5. The molecule has 1 aliphatic carbocycles. The molecule has 1 spiro atoms. The molecule has 118 valence electrons. The monoisotopic (exact) mass is 382 g/mol. The van der Waals surface area contributed by atoms with Crippen LogP contribution in [0.3, 0.4) is 0 Å². The number of fused-ring (bicyclic) bond motifs is 2. The van der Waals surface area contributed by atoms with Crippen molar-refractivity contribution in [2.24, 2.45) is 0 Å².